The van der Waals surface area contributed by atoms with Gasteiger partial charge in [0.1, 0.15) is 0 Å². The van der Waals surface area contributed by atoms with Crippen molar-refractivity contribution in [3.63, 3.8) is 0 Å². The SMILES string of the molecule is COc1cccc(F)c1OCCC1CNCCn2c1cc1ccccc12. The third-order valence-electron chi connectivity index (χ3n) is 5.03. The fourth-order valence-corrected chi connectivity index (χ4v) is 3.73. The summed E-state index contributed by atoms with van der Waals surface area (Å²) in [5.41, 5.74) is 2.59. The highest BCUT2D eigenvalue weighted by Crippen LogP contribution is 2.32. The lowest BCUT2D eigenvalue weighted by atomic mass is 10.0. The predicted octanol–water partition coefficient (Wildman–Crippen LogP) is 3.94. The third kappa shape index (κ3) is 3.15. The molecule has 1 N–H and O–H groups in total. The zero-order valence-electron chi connectivity index (χ0n) is 14.9. The molecule has 0 fully saturated rings. The number of hydrogen-bond donors (Lipinski definition) is 1. The summed E-state index contributed by atoms with van der Waals surface area (Å²) in [5, 5.41) is 4.77. The summed E-state index contributed by atoms with van der Waals surface area (Å²) in [6, 6.07) is 15.5. The van der Waals surface area contributed by atoms with Gasteiger partial charge in [-0.3, -0.25) is 0 Å². The Morgan fingerprint density at radius 1 is 1.19 bits per heavy atom. The van der Waals surface area contributed by atoms with E-state index in [1.54, 1.807) is 12.1 Å². The first kappa shape index (κ1) is 16.9. The second kappa shape index (κ2) is 7.38. The van der Waals surface area contributed by atoms with Gasteiger partial charge in [0.25, 0.3) is 0 Å². The summed E-state index contributed by atoms with van der Waals surface area (Å²) in [6.07, 6.45) is 0.806. The second-order valence-corrected chi connectivity index (χ2v) is 6.59. The highest BCUT2D eigenvalue weighted by molar-refractivity contribution is 5.81. The Morgan fingerprint density at radius 3 is 2.96 bits per heavy atom. The van der Waals surface area contributed by atoms with Gasteiger partial charge in [-0.25, -0.2) is 4.39 Å². The maximum atomic E-state index is 14.0. The van der Waals surface area contributed by atoms with Crippen LogP contribution in [0.15, 0.2) is 48.5 Å². The van der Waals surface area contributed by atoms with Crippen molar-refractivity contribution < 1.29 is 13.9 Å². The molecule has 4 nitrogen and oxygen atoms in total. The van der Waals surface area contributed by atoms with Crippen molar-refractivity contribution in [3.8, 4) is 11.5 Å². The van der Waals surface area contributed by atoms with Crippen LogP contribution in [0.4, 0.5) is 4.39 Å². The van der Waals surface area contributed by atoms with Crippen molar-refractivity contribution in [2.75, 3.05) is 26.8 Å². The number of benzene rings is 2. The molecule has 2 aromatic carbocycles. The largest absolute Gasteiger partial charge is 0.493 e. The number of fused-ring (bicyclic) bond motifs is 3. The molecule has 2 heterocycles. The second-order valence-electron chi connectivity index (χ2n) is 6.59. The van der Waals surface area contributed by atoms with Crippen LogP contribution in [0.5, 0.6) is 11.5 Å². The topological polar surface area (TPSA) is 35.4 Å². The van der Waals surface area contributed by atoms with Gasteiger partial charge in [-0.05, 0) is 36.1 Å². The van der Waals surface area contributed by atoms with E-state index >= 15 is 0 Å². The Bertz CT molecular complexity index is 906. The lowest BCUT2D eigenvalue weighted by molar-refractivity contribution is 0.264. The number of nitrogens with one attached hydrogen (secondary N) is 1. The summed E-state index contributed by atoms with van der Waals surface area (Å²) in [5.74, 6) is 0.551. The molecule has 26 heavy (non-hydrogen) atoms. The summed E-state index contributed by atoms with van der Waals surface area (Å²) >= 11 is 0. The molecule has 1 aliphatic heterocycles. The van der Waals surface area contributed by atoms with Crippen LogP contribution in [0.3, 0.4) is 0 Å². The number of aromatic nitrogens is 1. The van der Waals surface area contributed by atoms with Crippen LogP contribution in [-0.4, -0.2) is 31.4 Å². The molecule has 3 aromatic rings. The number of hydrogen-bond acceptors (Lipinski definition) is 3. The summed E-state index contributed by atoms with van der Waals surface area (Å²) in [6.45, 7) is 3.24. The van der Waals surface area contributed by atoms with E-state index in [1.807, 2.05) is 0 Å². The quantitative estimate of drug-likeness (QED) is 0.754. The van der Waals surface area contributed by atoms with Crippen molar-refractivity contribution in [2.24, 2.45) is 0 Å². The van der Waals surface area contributed by atoms with E-state index in [0.29, 0.717) is 18.3 Å². The number of para-hydroxylation sites is 2. The van der Waals surface area contributed by atoms with E-state index in [-0.39, 0.29) is 5.75 Å². The maximum absolute atomic E-state index is 14.0. The molecule has 1 unspecified atom stereocenters. The predicted molar refractivity (Wildman–Crippen MR) is 101 cm³/mol. The third-order valence-corrected chi connectivity index (χ3v) is 5.03. The summed E-state index contributed by atoms with van der Waals surface area (Å²) in [7, 11) is 1.52. The van der Waals surface area contributed by atoms with Gasteiger partial charge in [0.2, 0.25) is 0 Å². The zero-order chi connectivity index (χ0) is 17.9. The van der Waals surface area contributed by atoms with Gasteiger partial charge >= 0.3 is 0 Å². The van der Waals surface area contributed by atoms with E-state index in [0.717, 1.165) is 26.1 Å². The molecule has 0 bridgehead atoms. The molecule has 0 aliphatic carbocycles. The number of ether oxygens (including phenoxy) is 2. The van der Waals surface area contributed by atoms with Crippen LogP contribution in [0.2, 0.25) is 0 Å². The highest BCUT2D eigenvalue weighted by atomic mass is 19.1. The fraction of sp³-hybridized carbons (Fsp3) is 0.333. The number of methoxy groups -OCH3 is 1. The average Bonchev–Trinajstić information content (AvgIpc) is 2.91. The molecule has 1 aliphatic rings. The van der Waals surface area contributed by atoms with Gasteiger partial charge in [-0.15, -0.1) is 0 Å². The highest BCUT2D eigenvalue weighted by Gasteiger charge is 2.21. The molecule has 0 radical (unpaired) electrons. The first-order chi connectivity index (χ1) is 12.8. The number of halogens is 1. The lowest BCUT2D eigenvalue weighted by Gasteiger charge is -2.17. The minimum absolute atomic E-state index is 0.192. The Hall–Kier alpha value is -2.53. The average molecular weight is 354 g/mol. The molecule has 1 aromatic heterocycles. The number of nitrogens with zero attached hydrogens (tertiary/aromatic N) is 1. The van der Waals surface area contributed by atoms with Crippen molar-refractivity contribution in [2.45, 2.75) is 18.9 Å². The minimum Gasteiger partial charge on any atom is -0.493 e. The number of rotatable bonds is 5. The van der Waals surface area contributed by atoms with Crippen LogP contribution in [0, 0.1) is 5.82 Å². The van der Waals surface area contributed by atoms with Gasteiger partial charge in [0, 0.05) is 36.8 Å². The fourth-order valence-electron chi connectivity index (χ4n) is 3.73. The van der Waals surface area contributed by atoms with Crippen LogP contribution >= 0.6 is 0 Å². The Labute approximate surface area is 152 Å². The van der Waals surface area contributed by atoms with Gasteiger partial charge in [-0.1, -0.05) is 24.3 Å². The Morgan fingerprint density at radius 2 is 2.08 bits per heavy atom. The summed E-state index contributed by atoms with van der Waals surface area (Å²) in [4.78, 5) is 0. The van der Waals surface area contributed by atoms with Crippen molar-refractivity contribution in [1.29, 1.82) is 0 Å². The monoisotopic (exact) mass is 354 g/mol. The normalized spacial score (nSPS) is 16.9. The van der Waals surface area contributed by atoms with Crippen LogP contribution < -0.4 is 14.8 Å². The first-order valence-corrected chi connectivity index (χ1v) is 9.02. The molecule has 0 spiro atoms. The smallest absolute Gasteiger partial charge is 0.197 e. The summed E-state index contributed by atoms with van der Waals surface area (Å²) < 4.78 is 27.4. The van der Waals surface area contributed by atoms with E-state index in [1.165, 1.54) is 29.8 Å². The lowest BCUT2D eigenvalue weighted by Crippen LogP contribution is -2.21. The molecule has 0 saturated carbocycles. The molecular formula is C21H23FN2O2. The molecular weight excluding hydrogens is 331 g/mol. The van der Waals surface area contributed by atoms with Crippen molar-refractivity contribution in [3.05, 3.63) is 60.0 Å². The van der Waals surface area contributed by atoms with E-state index in [2.05, 4.69) is 40.2 Å². The van der Waals surface area contributed by atoms with E-state index < -0.39 is 5.82 Å². The molecule has 5 heteroatoms. The standard InChI is InChI=1S/C21H23FN2O2/c1-25-20-8-4-6-17(22)21(20)26-12-9-16-14-23-10-11-24-18-7-3-2-5-15(18)13-19(16)24/h2-8,13,16,23H,9-12,14H2,1H3. The van der Waals surface area contributed by atoms with Crippen LogP contribution in [0.25, 0.3) is 10.9 Å². The molecule has 4 rings (SSSR count). The van der Waals surface area contributed by atoms with E-state index in [4.69, 9.17) is 9.47 Å². The van der Waals surface area contributed by atoms with Crippen LogP contribution in [0.1, 0.15) is 18.0 Å². The zero-order valence-corrected chi connectivity index (χ0v) is 14.9. The van der Waals surface area contributed by atoms with Gasteiger partial charge in [-0.2, -0.15) is 0 Å². The van der Waals surface area contributed by atoms with Gasteiger partial charge in [0.15, 0.2) is 17.3 Å². The van der Waals surface area contributed by atoms with Crippen molar-refractivity contribution >= 4 is 10.9 Å². The van der Waals surface area contributed by atoms with Gasteiger partial charge in [0.05, 0.1) is 13.7 Å². The van der Waals surface area contributed by atoms with E-state index in [9.17, 15) is 4.39 Å². The first-order valence-electron chi connectivity index (χ1n) is 9.02. The Kier molecular flexibility index (Phi) is 4.80. The molecule has 0 saturated heterocycles. The minimum atomic E-state index is -0.391. The molecule has 1 atom stereocenters. The molecule has 0 amide bonds. The Balaban J connectivity index is 1.53. The maximum Gasteiger partial charge on any atom is 0.197 e. The van der Waals surface area contributed by atoms with Gasteiger partial charge < -0.3 is 19.4 Å². The molecule has 136 valence electrons. The van der Waals surface area contributed by atoms with Crippen LogP contribution in [-0.2, 0) is 6.54 Å². The van der Waals surface area contributed by atoms with Crippen molar-refractivity contribution in [1.82, 2.24) is 9.88 Å².